The number of phenols is 1. The van der Waals surface area contributed by atoms with Crippen LogP contribution in [-0.4, -0.2) is 17.6 Å². The van der Waals surface area contributed by atoms with Gasteiger partial charge in [0.25, 0.3) is 5.91 Å². The monoisotopic (exact) mass is 245 g/mol. The van der Waals surface area contributed by atoms with E-state index in [0.29, 0.717) is 0 Å². The molecule has 1 aliphatic rings. The number of hydrogen-bond acceptors (Lipinski definition) is 3. The van der Waals surface area contributed by atoms with Gasteiger partial charge in [0, 0.05) is 16.3 Å². The summed E-state index contributed by atoms with van der Waals surface area (Å²) in [4.78, 5) is 13.9. The molecule has 86 valence electrons. The highest BCUT2D eigenvalue weighted by molar-refractivity contribution is 7.15. The van der Waals surface area contributed by atoms with Gasteiger partial charge in [0.05, 0.1) is 5.56 Å². The van der Waals surface area contributed by atoms with Crippen molar-refractivity contribution in [3.63, 3.8) is 0 Å². The SMILES string of the molecule is O=C1NCCc2sc(-c3ccc(O)cc3)cc21. The lowest BCUT2D eigenvalue weighted by atomic mass is 10.1. The molecule has 0 unspecified atom stereocenters. The molecule has 1 aromatic carbocycles. The number of hydrogen-bond donors (Lipinski definition) is 2. The maximum atomic E-state index is 11.6. The van der Waals surface area contributed by atoms with E-state index in [1.54, 1.807) is 23.5 Å². The minimum absolute atomic E-state index is 0.0209. The number of nitrogens with one attached hydrogen (secondary N) is 1. The van der Waals surface area contributed by atoms with Gasteiger partial charge < -0.3 is 10.4 Å². The van der Waals surface area contributed by atoms with Crippen LogP contribution in [0.4, 0.5) is 0 Å². The zero-order valence-electron chi connectivity index (χ0n) is 9.06. The van der Waals surface area contributed by atoms with Gasteiger partial charge in [-0.3, -0.25) is 4.79 Å². The third kappa shape index (κ3) is 1.80. The van der Waals surface area contributed by atoms with Crippen molar-refractivity contribution in [2.45, 2.75) is 6.42 Å². The van der Waals surface area contributed by atoms with E-state index < -0.39 is 0 Å². The Morgan fingerprint density at radius 2 is 2.00 bits per heavy atom. The van der Waals surface area contributed by atoms with Crippen LogP contribution in [0.15, 0.2) is 30.3 Å². The summed E-state index contributed by atoms with van der Waals surface area (Å²) in [7, 11) is 0. The van der Waals surface area contributed by atoms with Gasteiger partial charge >= 0.3 is 0 Å². The van der Waals surface area contributed by atoms with Crippen LogP contribution >= 0.6 is 11.3 Å². The van der Waals surface area contributed by atoms with Crippen LogP contribution in [0.2, 0.25) is 0 Å². The molecule has 1 aliphatic heterocycles. The predicted molar refractivity (Wildman–Crippen MR) is 67.5 cm³/mol. The van der Waals surface area contributed by atoms with Gasteiger partial charge in [0.15, 0.2) is 0 Å². The number of fused-ring (bicyclic) bond motifs is 1. The average Bonchev–Trinajstić information content (AvgIpc) is 2.75. The van der Waals surface area contributed by atoms with Gasteiger partial charge in [-0.2, -0.15) is 0 Å². The fourth-order valence-corrected chi connectivity index (χ4v) is 3.12. The van der Waals surface area contributed by atoms with Crippen molar-refractivity contribution in [3.8, 4) is 16.2 Å². The van der Waals surface area contributed by atoms with Gasteiger partial charge in [-0.25, -0.2) is 0 Å². The largest absolute Gasteiger partial charge is 0.508 e. The minimum atomic E-state index is 0.0209. The van der Waals surface area contributed by atoms with E-state index in [9.17, 15) is 9.90 Å². The highest BCUT2D eigenvalue weighted by Gasteiger charge is 2.20. The second-order valence-corrected chi connectivity index (χ2v) is 5.14. The Balaban J connectivity index is 2.05. The van der Waals surface area contributed by atoms with E-state index in [0.717, 1.165) is 33.8 Å². The van der Waals surface area contributed by atoms with Crippen LogP contribution < -0.4 is 5.32 Å². The Kier molecular flexibility index (Phi) is 2.37. The van der Waals surface area contributed by atoms with Crippen molar-refractivity contribution in [1.82, 2.24) is 5.32 Å². The van der Waals surface area contributed by atoms with Crippen LogP contribution in [0, 0.1) is 0 Å². The molecule has 3 rings (SSSR count). The third-order valence-corrected chi connectivity index (χ3v) is 4.09. The summed E-state index contributed by atoms with van der Waals surface area (Å²) in [6.45, 7) is 0.724. The molecule has 2 heterocycles. The quantitative estimate of drug-likeness (QED) is 0.810. The van der Waals surface area contributed by atoms with E-state index in [2.05, 4.69) is 5.32 Å². The maximum Gasteiger partial charge on any atom is 0.252 e. The number of thiophene rings is 1. The smallest absolute Gasteiger partial charge is 0.252 e. The molecular formula is C13H11NO2S. The molecule has 4 heteroatoms. The summed E-state index contributed by atoms with van der Waals surface area (Å²) < 4.78 is 0. The summed E-state index contributed by atoms with van der Waals surface area (Å²) >= 11 is 1.66. The molecule has 1 amide bonds. The number of carbonyl (C=O) groups excluding carboxylic acids is 1. The Morgan fingerprint density at radius 1 is 1.24 bits per heavy atom. The summed E-state index contributed by atoms with van der Waals surface area (Å²) in [6.07, 6.45) is 0.907. The molecule has 0 bridgehead atoms. The third-order valence-electron chi connectivity index (χ3n) is 2.84. The molecule has 0 saturated heterocycles. The van der Waals surface area contributed by atoms with Crippen molar-refractivity contribution >= 4 is 17.2 Å². The van der Waals surface area contributed by atoms with Gasteiger partial charge in [0.1, 0.15) is 5.75 Å². The maximum absolute atomic E-state index is 11.6. The molecular weight excluding hydrogens is 234 g/mol. The summed E-state index contributed by atoms with van der Waals surface area (Å²) in [5, 5.41) is 12.1. The second kappa shape index (κ2) is 3.89. The molecule has 0 fully saturated rings. The van der Waals surface area contributed by atoms with Crippen LogP contribution in [0.25, 0.3) is 10.4 Å². The first-order valence-electron chi connectivity index (χ1n) is 5.44. The molecule has 17 heavy (non-hydrogen) atoms. The van der Waals surface area contributed by atoms with Crippen LogP contribution in [0.5, 0.6) is 5.75 Å². The normalized spacial score (nSPS) is 14.2. The lowest BCUT2D eigenvalue weighted by molar-refractivity contribution is 0.0947. The molecule has 0 aliphatic carbocycles. The Morgan fingerprint density at radius 3 is 2.71 bits per heavy atom. The number of rotatable bonds is 1. The molecule has 2 aromatic rings. The van der Waals surface area contributed by atoms with E-state index in [1.807, 2.05) is 18.2 Å². The Hall–Kier alpha value is -1.81. The predicted octanol–water partition coefficient (Wildman–Crippen LogP) is 2.41. The first kappa shape index (κ1) is 10.4. The number of benzene rings is 1. The Labute approximate surface area is 103 Å². The molecule has 0 saturated carbocycles. The number of aromatic hydroxyl groups is 1. The van der Waals surface area contributed by atoms with Gasteiger partial charge in [-0.15, -0.1) is 11.3 Å². The van der Waals surface area contributed by atoms with E-state index >= 15 is 0 Å². The molecule has 3 nitrogen and oxygen atoms in total. The lowest BCUT2D eigenvalue weighted by Gasteiger charge is -2.10. The molecule has 1 aromatic heterocycles. The van der Waals surface area contributed by atoms with Crippen molar-refractivity contribution < 1.29 is 9.90 Å². The minimum Gasteiger partial charge on any atom is -0.508 e. The number of carbonyl (C=O) groups is 1. The van der Waals surface area contributed by atoms with Gasteiger partial charge in [-0.05, 0) is 42.3 Å². The average molecular weight is 245 g/mol. The number of phenolic OH excluding ortho intramolecular Hbond substituents is 1. The summed E-state index contributed by atoms with van der Waals surface area (Å²) in [5.41, 5.74) is 1.83. The molecule has 0 spiro atoms. The van der Waals surface area contributed by atoms with Crippen molar-refractivity contribution in [2.24, 2.45) is 0 Å². The zero-order chi connectivity index (χ0) is 11.8. The first-order chi connectivity index (χ1) is 8.24. The topological polar surface area (TPSA) is 49.3 Å². The van der Waals surface area contributed by atoms with Crippen LogP contribution in [-0.2, 0) is 6.42 Å². The Bertz CT molecular complexity index is 572. The summed E-state index contributed by atoms with van der Waals surface area (Å²) in [5.74, 6) is 0.278. The lowest BCUT2D eigenvalue weighted by Crippen LogP contribution is -2.30. The van der Waals surface area contributed by atoms with Crippen molar-refractivity contribution in [1.29, 1.82) is 0 Å². The highest BCUT2D eigenvalue weighted by Crippen LogP contribution is 2.33. The fourth-order valence-electron chi connectivity index (χ4n) is 1.96. The zero-order valence-corrected chi connectivity index (χ0v) is 9.88. The molecule has 0 atom stereocenters. The summed E-state index contributed by atoms with van der Waals surface area (Å²) in [6, 6.07) is 8.98. The van der Waals surface area contributed by atoms with E-state index in [1.165, 1.54) is 0 Å². The highest BCUT2D eigenvalue weighted by atomic mass is 32.1. The van der Waals surface area contributed by atoms with Crippen LogP contribution in [0.1, 0.15) is 15.2 Å². The van der Waals surface area contributed by atoms with Crippen molar-refractivity contribution in [2.75, 3.05) is 6.54 Å². The van der Waals surface area contributed by atoms with Crippen LogP contribution in [0.3, 0.4) is 0 Å². The molecule has 0 radical (unpaired) electrons. The van der Waals surface area contributed by atoms with Crippen molar-refractivity contribution in [3.05, 3.63) is 40.8 Å². The van der Waals surface area contributed by atoms with E-state index in [-0.39, 0.29) is 11.7 Å². The number of amides is 1. The van der Waals surface area contributed by atoms with E-state index in [4.69, 9.17) is 0 Å². The second-order valence-electron chi connectivity index (χ2n) is 4.00. The first-order valence-corrected chi connectivity index (χ1v) is 6.26. The standard InChI is InChI=1S/C13H11NO2S/c15-9-3-1-8(2-4-9)12-7-10-11(17-12)5-6-14-13(10)16/h1-4,7,15H,5-6H2,(H,14,16). The van der Waals surface area contributed by atoms with Gasteiger partial charge in [-0.1, -0.05) is 0 Å². The molecule has 2 N–H and O–H groups in total. The fraction of sp³-hybridized carbons (Fsp3) is 0.154. The van der Waals surface area contributed by atoms with Gasteiger partial charge in [0.2, 0.25) is 0 Å².